The maximum absolute atomic E-state index is 13.6. The Kier molecular flexibility index (Phi) is 10.1. The molecule has 1 fully saturated rings. The number of alkyl halides is 6. The van der Waals surface area contributed by atoms with Gasteiger partial charge < -0.3 is 4.52 Å². The molecule has 0 bridgehead atoms. The van der Waals surface area contributed by atoms with Crippen LogP contribution in [0.5, 0.6) is 0 Å². The molecule has 1 saturated heterocycles. The molecule has 216 valence electrons. The zero-order valence-corrected chi connectivity index (χ0v) is 24.4. The highest BCUT2D eigenvalue weighted by Crippen LogP contribution is 2.69. The zero-order valence-electron chi connectivity index (χ0n) is 22.7. The van der Waals surface area contributed by atoms with Crippen LogP contribution in [-0.4, -0.2) is 30.0 Å². The third-order valence-electron chi connectivity index (χ3n) is 7.09. The van der Waals surface area contributed by atoms with Gasteiger partial charge in [0.15, 0.2) is 0 Å². The average Bonchev–Trinajstić information content (AvgIpc) is 3.04. The summed E-state index contributed by atoms with van der Waals surface area (Å²) < 4.78 is 91.2. The second kappa shape index (κ2) is 12.4. The second-order valence-corrected chi connectivity index (χ2v) is 14.3. The summed E-state index contributed by atoms with van der Waals surface area (Å²) in [5, 5.41) is 0. The number of nitrogens with zero attached hydrogens (tertiary/aromatic N) is 2. The molecule has 0 aliphatic carbocycles. The first-order valence-corrected chi connectivity index (χ1v) is 15.4. The Bertz CT molecular complexity index is 1140. The van der Waals surface area contributed by atoms with Gasteiger partial charge in [0, 0.05) is 0 Å². The molecule has 0 saturated carbocycles. The Morgan fingerprint density at radius 3 is 1.77 bits per heavy atom. The molecule has 2 aromatic rings. The number of rotatable bonds is 9. The minimum Gasteiger partial charge on any atom is -0.327 e. The fraction of sp³-hybridized carbons (Fsp3) is 0.500. The van der Waals surface area contributed by atoms with Gasteiger partial charge in [-0.15, -0.1) is 0 Å². The van der Waals surface area contributed by atoms with E-state index in [0.717, 1.165) is 43.5 Å². The van der Waals surface area contributed by atoms with Crippen molar-refractivity contribution in [2.24, 2.45) is 5.92 Å². The molecule has 0 N–H and O–H groups in total. The van der Waals surface area contributed by atoms with Crippen LogP contribution in [0.1, 0.15) is 74.4 Å². The van der Waals surface area contributed by atoms with Gasteiger partial charge in [-0.1, -0.05) is 42.8 Å². The van der Waals surface area contributed by atoms with E-state index in [4.69, 9.17) is 16.3 Å². The van der Waals surface area contributed by atoms with Gasteiger partial charge in [-0.25, -0.2) is 9.34 Å². The van der Waals surface area contributed by atoms with Crippen LogP contribution in [0.25, 0.3) is 0 Å². The van der Waals surface area contributed by atoms with E-state index in [1.54, 1.807) is 35.6 Å². The van der Waals surface area contributed by atoms with Crippen molar-refractivity contribution in [2.45, 2.75) is 64.5 Å². The highest BCUT2D eigenvalue weighted by atomic mass is 32.5. The van der Waals surface area contributed by atoms with E-state index in [9.17, 15) is 26.3 Å². The van der Waals surface area contributed by atoms with Crippen molar-refractivity contribution in [1.29, 1.82) is 0 Å². The first kappa shape index (κ1) is 31.8. The third-order valence-corrected chi connectivity index (χ3v) is 11.6. The highest BCUT2D eigenvalue weighted by Gasteiger charge is 2.51. The third kappa shape index (κ3) is 7.53. The number of hydrogen-bond acceptors (Lipinski definition) is 2. The van der Waals surface area contributed by atoms with Crippen molar-refractivity contribution in [3.8, 4) is 0 Å². The fourth-order valence-electron chi connectivity index (χ4n) is 4.90. The lowest BCUT2D eigenvalue weighted by Gasteiger charge is -2.31. The SMILES string of the molecule is CC(C)=CCC[C@H](C)CCOP1(=S)N(C)[C@@H](c2cccc(C(F)(F)F)c2)[C@H](c2cccc(C(F)(F)F)c2)N1C. The van der Waals surface area contributed by atoms with Gasteiger partial charge in [-0.05, 0) is 100 Å². The van der Waals surface area contributed by atoms with Gasteiger partial charge in [0.05, 0.1) is 29.8 Å². The fourth-order valence-corrected chi connectivity index (χ4v) is 8.03. The Morgan fingerprint density at radius 1 is 0.897 bits per heavy atom. The summed E-state index contributed by atoms with van der Waals surface area (Å²) in [5.74, 6) is 0.360. The first-order valence-electron chi connectivity index (χ1n) is 12.7. The number of allylic oxidation sites excluding steroid dienone is 2. The summed E-state index contributed by atoms with van der Waals surface area (Å²) in [7, 11) is 3.38. The minimum absolute atomic E-state index is 0.312. The molecule has 2 aromatic carbocycles. The van der Waals surface area contributed by atoms with Crippen LogP contribution in [0.15, 0.2) is 60.2 Å². The van der Waals surface area contributed by atoms with Crippen molar-refractivity contribution < 1.29 is 30.9 Å². The van der Waals surface area contributed by atoms with E-state index in [1.807, 2.05) is 13.8 Å². The molecule has 1 aliphatic rings. The smallest absolute Gasteiger partial charge is 0.327 e. The van der Waals surface area contributed by atoms with Gasteiger partial charge in [0.25, 0.3) is 0 Å². The monoisotopic (exact) mass is 592 g/mol. The normalized spacial score (nSPS) is 21.2. The average molecular weight is 593 g/mol. The van der Waals surface area contributed by atoms with Crippen molar-refractivity contribution in [1.82, 2.24) is 9.34 Å². The van der Waals surface area contributed by atoms with Crippen molar-refractivity contribution >= 4 is 18.4 Å². The standard InChI is InChI=1S/C28H35F6N2OPS/c1-19(2)9-6-10-20(3)15-16-37-38(39)35(4)25(21-11-7-13-23(17-21)27(29,30)31)26(36(38)5)22-12-8-14-24(18-22)28(32,33)34/h7-9,11-14,17-18,20,25-26H,6,10,15-16H2,1-5H3/t20-,25-,26-/m0/s1. The summed E-state index contributed by atoms with van der Waals surface area (Å²) in [4.78, 5) is 0. The van der Waals surface area contributed by atoms with Crippen LogP contribution in [0.3, 0.4) is 0 Å². The molecule has 0 aromatic heterocycles. The van der Waals surface area contributed by atoms with E-state index in [-0.39, 0.29) is 0 Å². The Balaban J connectivity index is 1.97. The van der Waals surface area contributed by atoms with Crippen molar-refractivity contribution in [3.63, 3.8) is 0 Å². The van der Waals surface area contributed by atoms with Crippen molar-refractivity contribution in [3.05, 3.63) is 82.4 Å². The van der Waals surface area contributed by atoms with Crippen LogP contribution in [-0.2, 0) is 28.7 Å². The first-order chi connectivity index (χ1) is 18.1. The molecule has 11 heteroatoms. The minimum atomic E-state index is -4.57. The molecule has 0 amide bonds. The molecule has 0 spiro atoms. The predicted molar refractivity (Wildman–Crippen MR) is 147 cm³/mol. The van der Waals surface area contributed by atoms with Gasteiger partial charge in [0.2, 0.25) is 6.57 Å². The summed E-state index contributed by atoms with van der Waals surface area (Å²) in [6, 6.07) is 8.29. The Hall–Kier alpha value is -1.71. The summed E-state index contributed by atoms with van der Waals surface area (Å²) in [6.07, 6.45) is -4.29. The van der Waals surface area contributed by atoms with Gasteiger partial charge in [-0.2, -0.15) is 26.3 Å². The molecular formula is C28H35F6N2OPS. The molecule has 39 heavy (non-hydrogen) atoms. The summed E-state index contributed by atoms with van der Waals surface area (Å²) in [5.41, 5.74) is 0.221. The predicted octanol–water partition coefficient (Wildman–Crippen LogP) is 9.40. The highest BCUT2D eigenvalue weighted by molar-refractivity contribution is 8.10. The number of likely N-dealkylation sites (N-methyl/N-ethyl adjacent to an activating group) is 2. The van der Waals surface area contributed by atoms with Gasteiger partial charge in [-0.3, -0.25) is 0 Å². The van der Waals surface area contributed by atoms with E-state index < -0.39 is 42.1 Å². The van der Waals surface area contributed by atoms with E-state index in [0.29, 0.717) is 23.7 Å². The largest absolute Gasteiger partial charge is 0.416 e. The maximum atomic E-state index is 13.6. The van der Waals surface area contributed by atoms with Crippen LogP contribution in [0.2, 0.25) is 0 Å². The zero-order chi connectivity index (χ0) is 29.2. The van der Waals surface area contributed by atoms with E-state index in [2.05, 4.69) is 13.0 Å². The number of benzene rings is 2. The van der Waals surface area contributed by atoms with Crippen molar-refractivity contribution in [2.75, 3.05) is 20.7 Å². The molecule has 0 unspecified atom stereocenters. The maximum Gasteiger partial charge on any atom is 0.416 e. The van der Waals surface area contributed by atoms with Crippen LogP contribution in [0.4, 0.5) is 26.3 Å². The molecule has 3 nitrogen and oxygen atoms in total. The summed E-state index contributed by atoms with van der Waals surface area (Å²) >= 11 is 6.04. The lowest BCUT2D eigenvalue weighted by Crippen LogP contribution is -2.22. The van der Waals surface area contributed by atoms with Crippen LogP contribution < -0.4 is 0 Å². The second-order valence-electron chi connectivity index (χ2n) is 10.4. The molecule has 1 aliphatic heterocycles. The van der Waals surface area contributed by atoms with Crippen LogP contribution >= 0.6 is 6.57 Å². The summed E-state index contributed by atoms with van der Waals surface area (Å²) in [6.45, 7) is 3.58. The van der Waals surface area contributed by atoms with E-state index in [1.165, 1.54) is 17.7 Å². The molecule has 3 rings (SSSR count). The molecular weight excluding hydrogens is 557 g/mol. The van der Waals surface area contributed by atoms with Gasteiger partial charge in [0.1, 0.15) is 0 Å². The molecule has 0 radical (unpaired) electrons. The Labute approximate surface area is 232 Å². The lowest BCUT2D eigenvalue weighted by atomic mass is 9.91. The van der Waals surface area contributed by atoms with Gasteiger partial charge >= 0.3 is 12.4 Å². The topological polar surface area (TPSA) is 15.7 Å². The van der Waals surface area contributed by atoms with E-state index >= 15 is 0 Å². The number of halogens is 6. The Morgan fingerprint density at radius 2 is 1.36 bits per heavy atom. The lowest BCUT2D eigenvalue weighted by molar-refractivity contribution is -0.138. The number of hydrogen-bond donors (Lipinski definition) is 0. The molecule has 1 heterocycles. The molecule has 3 atom stereocenters. The van der Waals surface area contributed by atoms with Crippen LogP contribution in [0, 0.1) is 5.92 Å². The quantitative estimate of drug-likeness (QED) is 0.164.